The molecule has 1 heteroatoms. The maximum atomic E-state index is 2.49. The summed E-state index contributed by atoms with van der Waals surface area (Å²) in [5, 5.41) is 0. The van der Waals surface area contributed by atoms with Gasteiger partial charge < -0.3 is 0 Å². The second kappa shape index (κ2) is 4.97. The summed E-state index contributed by atoms with van der Waals surface area (Å²) in [5.41, 5.74) is 6.96. The highest BCUT2D eigenvalue weighted by molar-refractivity contribution is 6.57. The Balaban J connectivity index is 2.12. The summed E-state index contributed by atoms with van der Waals surface area (Å²) in [6.07, 6.45) is 1.26. The lowest BCUT2D eigenvalue weighted by Crippen LogP contribution is -2.19. The van der Waals surface area contributed by atoms with E-state index in [0.717, 1.165) is 11.5 Å². The minimum atomic E-state index is -0.632. The van der Waals surface area contributed by atoms with Crippen LogP contribution in [0, 0.1) is 5.92 Å². The van der Waals surface area contributed by atoms with Crippen LogP contribution in [0.5, 0.6) is 0 Å². The van der Waals surface area contributed by atoms with Gasteiger partial charge in [0.1, 0.15) is 0 Å². The van der Waals surface area contributed by atoms with Crippen LogP contribution in [0.4, 0.5) is 0 Å². The monoisotopic (exact) mass is 266 g/mol. The van der Waals surface area contributed by atoms with E-state index in [9.17, 15) is 0 Å². The van der Waals surface area contributed by atoms with Gasteiger partial charge in [-0.05, 0) is 40.1 Å². The summed E-state index contributed by atoms with van der Waals surface area (Å²) in [7, 11) is -0.632. The van der Waals surface area contributed by atoms with E-state index >= 15 is 0 Å². The molecule has 1 aliphatic rings. The first-order chi connectivity index (χ1) is 9.18. The smallest absolute Gasteiger partial charge is 0.0391 e. The number of benzene rings is 2. The lowest BCUT2D eigenvalue weighted by Gasteiger charge is -2.19. The van der Waals surface area contributed by atoms with Gasteiger partial charge in [-0.1, -0.05) is 68.5 Å². The van der Waals surface area contributed by atoms with Gasteiger partial charge in [-0.15, -0.1) is 0 Å². The lowest BCUT2D eigenvalue weighted by molar-refractivity contribution is 0.599. The molecule has 0 fully saturated rings. The first kappa shape index (κ1) is 12.7. The third-order valence-electron chi connectivity index (χ3n) is 4.51. The van der Waals surface area contributed by atoms with E-state index in [1.165, 1.54) is 17.5 Å². The minimum absolute atomic E-state index is 0.632. The third kappa shape index (κ3) is 2.16. The van der Waals surface area contributed by atoms with Gasteiger partial charge in [0, 0.05) is 8.80 Å². The van der Waals surface area contributed by atoms with Gasteiger partial charge in [0.25, 0.3) is 0 Å². The summed E-state index contributed by atoms with van der Waals surface area (Å²) in [5.74, 6) is 0.825. The first-order valence-corrected chi connectivity index (χ1v) is 10.3. The molecular formula is C18H22Si. The van der Waals surface area contributed by atoms with Crippen LogP contribution in [0.2, 0.25) is 13.1 Å². The van der Waals surface area contributed by atoms with Crippen LogP contribution in [-0.4, -0.2) is 8.80 Å². The zero-order chi connectivity index (χ0) is 13.4. The highest BCUT2D eigenvalue weighted by Crippen LogP contribution is 2.43. The molecule has 0 bridgehead atoms. The summed E-state index contributed by atoms with van der Waals surface area (Å²) >= 11 is 0. The second-order valence-corrected chi connectivity index (χ2v) is 9.40. The van der Waals surface area contributed by atoms with Crippen molar-refractivity contribution in [3.63, 3.8) is 0 Å². The third-order valence-corrected chi connectivity index (χ3v) is 6.97. The number of hydrogen-bond donors (Lipinski definition) is 0. The first-order valence-electron chi connectivity index (χ1n) is 7.35. The summed E-state index contributed by atoms with van der Waals surface area (Å²) in [6.45, 7) is 7.42. The van der Waals surface area contributed by atoms with Gasteiger partial charge >= 0.3 is 0 Å². The molecule has 0 aromatic heterocycles. The predicted molar refractivity (Wildman–Crippen MR) is 86.4 cm³/mol. The van der Waals surface area contributed by atoms with Gasteiger partial charge in [-0.3, -0.25) is 0 Å². The van der Waals surface area contributed by atoms with Gasteiger partial charge in [0.15, 0.2) is 0 Å². The fourth-order valence-electron chi connectivity index (χ4n) is 3.80. The van der Waals surface area contributed by atoms with Crippen molar-refractivity contribution in [1.29, 1.82) is 0 Å². The van der Waals surface area contributed by atoms with Crippen molar-refractivity contribution >= 4 is 8.80 Å². The molecule has 19 heavy (non-hydrogen) atoms. The Labute approximate surface area is 118 Å². The molecule has 1 aliphatic carbocycles. The van der Waals surface area contributed by atoms with E-state index in [1.807, 2.05) is 0 Å². The normalized spacial score (nSPS) is 21.7. The molecule has 98 valence electrons. The zero-order valence-electron chi connectivity index (χ0n) is 12.1. The Morgan fingerprint density at radius 2 is 1.68 bits per heavy atom. The molecule has 0 saturated carbocycles. The van der Waals surface area contributed by atoms with E-state index < -0.39 is 8.80 Å². The quantitative estimate of drug-likeness (QED) is 0.694. The number of fused-ring (bicyclic) bond motifs is 1. The van der Waals surface area contributed by atoms with Crippen molar-refractivity contribution in [2.45, 2.75) is 32.0 Å². The Morgan fingerprint density at radius 3 is 2.37 bits per heavy atom. The molecule has 2 atom stereocenters. The molecule has 0 radical (unpaired) electrons. The van der Waals surface area contributed by atoms with Gasteiger partial charge in [-0.25, -0.2) is 0 Å². The highest BCUT2D eigenvalue weighted by Gasteiger charge is 2.33. The summed E-state index contributed by atoms with van der Waals surface area (Å²) in [4.78, 5) is 0. The maximum absolute atomic E-state index is 2.49. The molecule has 3 rings (SSSR count). The fourth-order valence-corrected chi connectivity index (χ4v) is 6.29. The van der Waals surface area contributed by atoms with Crippen LogP contribution < -0.4 is 0 Å². The average Bonchev–Trinajstić information content (AvgIpc) is 2.75. The number of hydrogen-bond acceptors (Lipinski definition) is 0. The predicted octanol–water partition coefficient (Wildman–Crippen LogP) is 4.66. The minimum Gasteiger partial charge on any atom is -0.0717 e. The SMILES string of the molecule is CC1Cc2c(-c3ccccc3)cccc2C1[SiH](C)C. The molecule has 2 unspecified atom stereocenters. The van der Waals surface area contributed by atoms with Crippen LogP contribution in [-0.2, 0) is 6.42 Å². The number of rotatable bonds is 2. The van der Waals surface area contributed by atoms with Gasteiger partial charge in [0.2, 0.25) is 0 Å². The average molecular weight is 266 g/mol. The fraction of sp³-hybridized carbons (Fsp3) is 0.333. The molecular weight excluding hydrogens is 244 g/mol. The standard InChI is InChI=1S/C18H22Si/c1-13-12-17-15(14-8-5-4-6-9-14)10-7-11-16(17)18(13)19(2)3/h4-11,13,18-19H,12H2,1-3H3. The van der Waals surface area contributed by atoms with E-state index in [1.54, 1.807) is 11.1 Å². The molecule has 0 saturated heterocycles. The molecule has 0 aliphatic heterocycles. The highest BCUT2D eigenvalue weighted by atomic mass is 28.3. The van der Waals surface area contributed by atoms with Crippen molar-refractivity contribution in [3.05, 3.63) is 59.7 Å². The van der Waals surface area contributed by atoms with E-state index in [2.05, 4.69) is 68.5 Å². The molecule has 2 aromatic carbocycles. The van der Waals surface area contributed by atoms with Crippen molar-refractivity contribution < 1.29 is 0 Å². The van der Waals surface area contributed by atoms with Crippen molar-refractivity contribution in [2.75, 3.05) is 0 Å². The maximum Gasteiger partial charge on any atom is 0.0391 e. The van der Waals surface area contributed by atoms with Gasteiger partial charge in [0.05, 0.1) is 0 Å². The Bertz CT molecular complexity index is 571. The summed E-state index contributed by atoms with van der Waals surface area (Å²) in [6, 6.07) is 17.8. The van der Waals surface area contributed by atoms with Crippen LogP contribution in [0.3, 0.4) is 0 Å². The summed E-state index contributed by atoms with van der Waals surface area (Å²) < 4.78 is 0. The second-order valence-electron chi connectivity index (χ2n) is 6.19. The molecule has 0 heterocycles. The molecule has 0 nitrogen and oxygen atoms in total. The van der Waals surface area contributed by atoms with E-state index in [-0.39, 0.29) is 0 Å². The largest absolute Gasteiger partial charge is 0.0717 e. The van der Waals surface area contributed by atoms with E-state index in [4.69, 9.17) is 0 Å². The molecule has 2 aromatic rings. The Morgan fingerprint density at radius 1 is 0.947 bits per heavy atom. The van der Waals surface area contributed by atoms with Crippen LogP contribution in [0.15, 0.2) is 48.5 Å². The van der Waals surface area contributed by atoms with Crippen LogP contribution >= 0.6 is 0 Å². The Hall–Kier alpha value is -1.34. The van der Waals surface area contributed by atoms with Crippen molar-refractivity contribution in [2.24, 2.45) is 5.92 Å². The Kier molecular flexibility index (Phi) is 3.32. The van der Waals surface area contributed by atoms with Crippen LogP contribution in [0.25, 0.3) is 11.1 Å². The van der Waals surface area contributed by atoms with Gasteiger partial charge in [-0.2, -0.15) is 0 Å². The van der Waals surface area contributed by atoms with Crippen LogP contribution in [0.1, 0.15) is 23.6 Å². The molecule has 0 spiro atoms. The lowest BCUT2D eigenvalue weighted by atomic mass is 9.97. The van der Waals surface area contributed by atoms with Crippen molar-refractivity contribution in [3.8, 4) is 11.1 Å². The molecule has 0 N–H and O–H groups in total. The van der Waals surface area contributed by atoms with Crippen molar-refractivity contribution in [1.82, 2.24) is 0 Å². The zero-order valence-corrected chi connectivity index (χ0v) is 13.2. The topological polar surface area (TPSA) is 0 Å². The van der Waals surface area contributed by atoms with E-state index in [0.29, 0.717) is 0 Å². The molecule has 0 amide bonds.